The third-order valence-corrected chi connectivity index (χ3v) is 3.73. The van der Waals surface area contributed by atoms with Crippen LogP contribution in [0.15, 0.2) is 45.3 Å². The van der Waals surface area contributed by atoms with Gasteiger partial charge in [-0.25, -0.2) is 4.79 Å². The van der Waals surface area contributed by atoms with Crippen molar-refractivity contribution < 1.29 is 14.3 Å². The second-order valence-corrected chi connectivity index (χ2v) is 5.92. The van der Waals surface area contributed by atoms with Crippen LogP contribution in [0.4, 0.5) is 5.69 Å². The molecule has 0 spiro atoms. The average Bonchev–Trinajstić information content (AvgIpc) is 2.43. The minimum absolute atomic E-state index is 0.287. The maximum absolute atomic E-state index is 12.0. The molecule has 0 aromatic heterocycles. The van der Waals surface area contributed by atoms with E-state index >= 15 is 0 Å². The molecule has 0 radical (unpaired) electrons. The van der Waals surface area contributed by atoms with Crippen LogP contribution in [-0.2, 0) is 4.74 Å². The van der Waals surface area contributed by atoms with E-state index in [2.05, 4.69) is 31.9 Å². The van der Waals surface area contributed by atoms with E-state index in [1.165, 1.54) is 0 Å². The molecular weight excluding hydrogens is 402 g/mol. The first-order valence-electron chi connectivity index (χ1n) is 6.20. The molecule has 2 N–H and O–H groups in total. The van der Waals surface area contributed by atoms with Gasteiger partial charge in [0.05, 0.1) is 11.1 Å². The summed E-state index contributed by atoms with van der Waals surface area (Å²) in [5.74, 6) is 0.521. The molecule has 0 unspecified atom stereocenters. The molecule has 0 bridgehead atoms. The zero-order chi connectivity index (χ0) is 15.4. The molecule has 0 aliphatic rings. The Balaban J connectivity index is 2.37. The Morgan fingerprint density at radius 1 is 1.14 bits per heavy atom. The van der Waals surface area contributed by atoms with E-state index in [4.69, 9.17) is 15.2 Å². The normalized spacial score (nSPS) is 10.2. The molecule has 0 saturated carbocycles. The molecule has 0 heterocycles. The summed E-state index contributed by atoms with van der Waals surface area (Å²) < 4.78 is 12.5. The maximum Gasteiger partial charge on any atom is 0.342 e. The standard InChI is InChI=1S/C15H13Br2NO3/c1-2-20-15(19)11-8-10(18)4-6-13(11)21-14-5-3-9(16)7-12(14)17/h3-8H,2,18H2,1H3. The van der Waals surface area contributed by atoms with E-state index in [1.807, 2.05) is 12.1 Å². The summed E-state index contributed by atoms with van der Waals surface area (Å²) >= 11 is 6.79. The number of rotatable bonds is 4. The lowest BCUT2D eigenvalue weighted by Gasteiger charge is -2.12. The van der Waals surface area contributed by atoms with E-state index in [9.17, 15) is 4.79 Å². The van der Waals surface area contributed by atoms with Gasteiger partial charge in [-0.1, -0.05) is 15.9 Å². The van der Waals surface area contributed by atoms with Gasteiger partial charge in [-0.15, -0.1) is 0 Å². The highest BCUT2D eigenvalue weighted by Gasteiger charge is 2.16. The highest BCUT2D eigenvalue weighted by Crippen LogP contribution is 2.34. The molecule has 0 saturated heterocycles. The lowest BCUT2D eigenvalue weighted by molar-refractivity contribution is 0.0523. The van der Waals surface area contributed by atoms with Crippen molar-refractivity contribution in [2.45, 2.75) is 6.92 Å². The molecule has 0 aliphatic heterocycles. The van der Waals surface area contributed by atoms with Gasteiger partial charge in [-0.2, -0.15) is 0 Å². The van der Waals surface area contributed by atoms with Gasteiger partial charge in [0.1, 0.15) is 17.1 Å². The van der Waals surface area contributed by atoms with Gasteiger partial charge in [0.25, 0.3) is 0 Å². The maximum atomic E-state index is 12.0. The summed E-state index contributed by atoms with van der Waals surface area (Å²) in [7, 11) is 0. The van der Waals surface area contributed by atoms with Gasteiger partial charge in [0, 0.05) is 10.2 Å². The Kier molecular flexibility index (Phi) is 5.25. The van der Waals surface area contributed by atoms with Crippen molar-refractivity contribution in [1.29, 1.82) is 0 Å². The van der Waals surface area contributed by atoms with Crippen LogP contribution >= 0.6 is 31.9 Å². The van der Waals surface area contributed by atoms with Gasteiger partial charge in [0.15, 0.2) is 0 Å². The smallest absolute Gasteiger partial charge is 0.342 e. The lowest BCUT2D eigenvalue weighted by Crippen LogP contribution is -2.07. The van der Waals surface area contributed by atoms with Crippen molar-refractivity contribution >= 4 is 43.5 Å². The van der Waals surface area contributed by atoms with Crippen LogP contribution in [0.5, 0.6) is 11.5 Å². The Morgan fingerprint density at radius 3 is 2.52 bits per heavy atom. The number of ether oxygens (including phenoxy) is 2. The minimum atomic E-state index is -0.465. The third kappa shape index (κ3) is 3.98. The third-order valence-electron chi connectivity index (χ3n) is 2.61. The van der Waals surface area contributed by atoms with Crippen molar-refractivity contribution in [3.8, 4) is 11.5 Å². The number of nitrogens with two attached hydrogens (primary N) is 1. The van der Waals surface area contributed by atoms with E-state index in [0.29, 0.717) is 22.7 Å². The van der Waals surface area contributed by atoms with E-state index < -0.39 is 5.97 Å². The number of nitrogen functional groups attached to an aromatic ring is 1. The number of anilines is 1. The topological polar surface area (TPSA) is 61.5 Å². The summed E-state index contributed by atoms with van der Waals surface area (Å²) in [5, 5.41) is 0. The molecular formula is C15H13Br2NO3. The van der Waals surface area contributed by atoms with Crippen molar-refractivity contribution in [3.05, 3.63) is 50.9 Å². The SMILES string of the molecule is CCOC(=O)c1cc(N)ccc1Oc1ccc(Br)cc1Br. The Hall–Kier alpha value is -1.53. The summed E-state index contributed by atoms with van der Waals surface area (Å²) in [6, 6.07) is 10.4. The van der Waals surface area contributed by atoms with Gasteiger partial charge >= 0.3 is 5.97 Å². The van der Waals surface area contributed by atoms with E-state index in [1.54, 1.807) is 31.2 Å². The number of hydrogen-bond donors (Lipinski definition) is 1. The van der Waals surface area contributed by atoms with Crippen LogP contribution in [0.25, 0.3) is 0 Å². The van der Waals surface area contributed by atoms with Crippen molar-refractivity contribution in [3.63, 3.8) is 0 Å². The first-order chi connectivity index (χ1) is 10.0. The minimum Gasteiger partial charge on any atom is -0.462 e. The van der Waals surface area contributed by atoms with Crippen LogP contribution in [-0.4, -0.2) is 12.6 Å². The molecule has 4 nitrogen and oxygen atoms in total. The predicted molar refractivity (Wildman–Crippen MR) is 88.7 cm³/mol. The number of esters is 1. The molecule has 110 valence electrons. The molecule has 0 aliphatic carbocycles. The predicted octanol–water partition coefficient (Wildman–Crippen LogP) is 4.76. The molecule has 2 aromatic rings. The van der Waals surface area contributed by atoms with Crippen LogP contribution in [0.1, 0.15) is 17.3 Å². The lowest BCUT2D eigenvalue weighted by atomic mass is 10.2. The van der Waals surface area contributed by atoms with Gasteiger partial charge in [0.2, 0.25) is 0 Å². The summed E-state index contributed by atoms with van der Waals surface area (Å²) in [4.78, 5) is 12.0. The fourth-order valence-corrected chi connectivity index (χ4v) is 2.81. The molecule has 2 aromatic carbocycles. The quantitative estimate of drug-likeness (QED) is 0.578. The first-order valence-corrected chi connectivity index (χ1v) is 7.79. The van der Waals surface area contributed by atoms with Crippen LogP contribution in [0.2, 0.25) is 0 Å². The van der Waals surface area contributed by atoms with Gasteiger partial charge in [-0.3, -0.25) is 0 Å². The fourth-order valence-electron chi connectivity index (χ4n) is 1.68. The molecule has 0 atom stereocenters. The molecule has 6 heteroatoms. The van der Waals surface area contributed by atoms with Crippen LogP contribution in [0.3, 0.4) is 0 Å². The van der Waals surface area contributed by atoms with Crippen molar-refractivity contribution in [2.24, 2.45) is 0 Å². The number of benzene rings is 2. The van der Waals surface area contributed by atoms with Gasteiger partial charge < -0.3 is 15.2 Å². The first kappa shape index (κ1) is 15.9. The van der Waals surface area contributed by atoms with Crippen LogP contribution < -0.4 is 10.5 Å². The molecule has 0 amide bonds. The Labute approximate surface area is 139 Å². The highest BCUT2D eigenvalue weighted by atomic mass is 79.9. The number of hydrogen-bond acceptors (Lipinski definition) is 4. The van der Waals surface area contributed by atoms with E-state index in [-0.39, 0.29) is 6.61 Å². The summed E-state index contributed by atoms with van der Waals surface area (Å²) in [5.41, 5.74) is 6.50. The second-order valence-electron chi connectivity index (χ2n) is 4.15. The zero-order valence-corrected chi connectivity index (χ0v) is 14.4. The van der Waals surface area contributed by atoms with Crippen molar-refractivity contribution in [1.82, 2.24) is 0 Å². The monoisotopic (exact) mass is 413 g/mol. The average molecular weight is 415 g/mol. The van der Waals surface area contributed by atoms with Gasteiger partial charge in [-0.05, 0) is 59.3 Å². The molecule has 0 fully saturated rings. The van der Waals surface area contributed by atoms with Crippen LogP contribution in [0, 0.1) is 0 Å². The fraction of sp³-hybridized carbons (Fsp3) is 0.133. The second kappa shape index (κ2) is 6.95. The van der Waals surface area contributed by atoms with E-state index in [0.717, 1.165) is 8.95 Å². The zero-order valence-electron chi connectivity index (χ0n) is 11.2. The summed E-state index contributed by atoms with van der Waals surface area (Å²) in [6.45, 7) is 2.03. The largest absolute Gasteiger partial charge is 0.462 e. The molecule has 21 heavy (non-hydrogen) atoms. The number of halogens is 2. The summed E-state index contributed by atoms with van der Waals surface area (Å²) in [6.07, 6.45) is 0. The number of carbonyl (C=O) groups is 1. The molecule has 2 rings (SSSR count). The number of carbonyl (C=O) groups excluding carboxylic acids is 1. The Bertz CT molecular complexity index is 674. The highest BCUT2D eigenvalue weighted by molar-refractivity contribution is 9.11. The van der Waals surface area contributed by atoms with Crippen molar-refractivity contribution in [2.75, 3.05) is 12.3 Å². The Morgan fingerprint density at radius 2 is 1.86 bits per heavy atom.